The van der Waals surface area contributed by atoms with Crippen LogP contribution >= 0.6 is 23.2 Å². The molecule has 28 heavy (non-hydrogen) atoms. The highest BCUT2D eigenvalue weighted by atomic mass is 35.5. The first-order valence-electron chi connectivity index (χ1n) is 9.58. The molecular weight excluding hydrogens is 391 g/mol. The summed E-state index contributed by atoms with van der Waals surface area (Å²) in [5, 5.41) is 4.90. The highest BCUT2D eigenvalue weighted by Crippen LogP contribution is 2.39. The zero-order chi connectivity index (χ0) is 19.1. The van der Waals surface area contributed by atoms with E-state index in [4.69, 9.17) is 33.2 Å². The van der Waals surface area contributed by atoms with Crippen LogP contribution in [-0.4, -0.2) is 16.5 Å². The zero-order valence-corrected chi connectivity index (χ0v) is 16.8. The van der Waals surface area contributed by atoms with Crippen LogP contribution in [0.1, 0.15) is 35.7 Å². The van der Waals surface area contributed by atoms with E-state index in [1.165, 1.54) is 24.0 Å². The predicted octanol–water partition coefficient (Wildman–Crippen LogP) is 5.97. The van der Waals surface area contributed by atoms with Crippen LogP contribution < -0.4 is 10.2 Å². The molecule has 142 valence electrons. The zero-order valence-electron chi connectivity index (χ0n) is 15.3. The van der Waals surface area contributed by atoms with E-state index < -0.39 is 0 Å². The molecule has 2 aromatic carbocycles. The van der Waals surface area contributed by atoms with Crippen molar-refractivity contribution in [3.8, 4) is 0 Å². The average molecular weight is 411 g/mol. The van der Waals surface area contributed by atoms with E-state index in [1.54, 1.807) is 0 Å². The molecule has 2 heterocycles. The SMILES string of the molecule is Clc1cccc(Nc2cc(N3CCc4cc(Cl)ccc4C3)nc(C3CC3)n2)c1. The smallest absolute Gasteiger partial charge is 0.136 e. The van der Waals surface area contributed by atoms with E-state index >= 15 is 0 Å². The summed E-state index contributed by atoms with van der Waals surface area (Å²) in [4.78, 5) is 12.0. The fourth-order valence-electron chi connectivity index (χ4n) is 3.63. The molecular formula is C22H20Cl2N4. The Morgan fingerprint density at radius 3 is 2.61 bits per heavy atom. The minimum absolute atomic E-state index is 0.482. The van der Waals surface area contributed by atoms with Gasteiger partial charge in [-0.25, -0.2) is 9.97 Å². The molecule has 0 unspecified atom stereocenters. The van der Waals surface area contributed by atoms with Crippen molar-refractivity contribution in [2.45, 2.75) is 31.7 Å². The maximum Gasteiger partial charge on any atom is 0.136 e. The van der Waals surface area contributed by atoms with Gasteiger partial charge in [0.15, 0.2) is 0 Å². The quantitative estimate of drug-likeness (QED) is 0.575. The minimum atomic E-state index is 0.482. The Hall–Kier alpha value is -2.30. The van der Waals surface area contributed by atoms with E-state index in [1.807, 2.05) is 36.4 Å². The van der Waals surface area contributed by atoms with Gasteiger partial charge in [0.05, 0.1) is 0 Å². The molecule has 1 aliphatic carbocycles. The van der Waals surface area contributed by atoms with E-state index in [9.17, 15) is 0 Å². The van der Waals surface area contributed by atoms with Gasteiger partial charge in [0.2, 0.25) is 0 Å². The third-order valence-corrected chi connectivity index (χ3v) is 5.74. The number of aromatic nitrogens is 2. The minimum Gasteiger partial charge on any atom is -0.352 e. The average Bonchev–Trinajstić information content (AvgIpc) is 3.53. The molecule has 3 aromatic rings. The van der Waals surface area contributed by atoms with Gasteiger partial charge in [-0.15, -0.1) is 0 Å². The molecule has 0 bridgehead atoms. The Balaban J connectivity index is 1.45. The topological polar surface area (TPSA) is 41.0 Å². The third-order valence-electron chi connectivity index (χ3n) is 5.27. The van der Waals surface area contributed by atoms with E-state index in [0.717, 1.165) is 47.7 Å². The van der Waals surface area contributed by atoms with Gasteiger partial charge in [-0.05, 0) is 60.7 Å². The Morgan fingerprint density at radius 1 is 0.929 bits per heavy atom. The van der Waals surface area contributed by atoms with Crippen molar-refractivity contribution in [1.82, 2.24) is 9.97 Å². The van der Waals surface area contributed by atoms with Crippen LogP contribution in [-0.2, 0) is 13.0 Å². The molecule has 6 heteroatoms. The summed E-state index contributed by atoms with van der Waals surface area (Å²) in [6, 6.07) is 15.9. The lowest BCUT2D eigenvalue weighted by molar-refractivity contribution is 0.714. The number of rotatable bonds is 4. The highest BCUT2D eigenvalue weighted by molar-refractivity contribution is 6.31. The molecule has 0 amide bonds. The normalized spacial score (nSPS) is 16.0. The van der Waals surface area contributed by atoms with Crippen LogP contribution in [0, 0.1) is 0 Å². The Kier molecular flexibility index (Phi) is 4.61. The number of nitrogens with one attached hydrogen (secondary N) is 1. The van der Waals surface area contributed by atoms with E-state index in [-0.39, 0.29) is 0 Å². The number of anilines is 3. The standard InChI is InChI=1S/C22H20Cl2N4/c23-17-2-1-3-19(11-17)25-20-12-21(27-22(26-20)14-4-5-14)28-9-8-15-10-18(24)7-6-16(15)13-28/h1-3,6-7,10-12,14H,4-5,8-9,13H2,(H,25,26,27). The second kappa shape index (κ2) is 7.26. The molecule has 1 fully saturated rings. The summed E-state index contributed by atoms with van der Waals surface area (Å²) in [6.45, 7) is 1.76. The van der Waals surface area contributed by atoms with Gasteiger partial charge in [-0.1, -0.05) is 35.3 Å². The highest BCUT2D eigenvalue weighted by Gasteiger charge is 2.28. The number of hydrogen-bond acceptors (Lipinski definition) is 4. The maximum atomic E-state index is 6.15. The molecule has 0 radical (unpaired) electrons. The summed E-state index contributed by atoms with van der Waals surface area (Å²) in [5.41, 5.74) is 3.57. The number of fused-ring (bicyclic) bond motifs is 1. The van der Waals surface area contributed by atoms with Crippen LogP contribution in [0.5, 0.6) is 0 Å². The fraction of sp³-hybridized carbons (Fsp3) is 0.273. The molecule has 0 atom stereocenters. The summed E-state index contributed by atoms with van der Waals surface area (Å²) in [5.74, 6) is 3.21. The Bertz CT molecular complexity index is 1030. The van der Waals surface area contributed by atoms with Gasteiger partial charge in [0.25, 0.3) is 0 Å². The molecule has 4 nitrogen and oxygen atoms in total. The first kappa shape index (κ1) is 17.8. The molecule has 1 aliphatic heterocycles. The first-order chi connectivity index (χ1) is 13.6. The molecule has 1 aromatic heterocycles. The molecule has 2 aliphatic rings. The van der Waals surface area contributed by atoms with Crippen molar-refractivity contribution < 1.29 is 0 Å². The van der Waals surface area contributed by atoms with Crippen molar-refractivity contribution in [3.63, 3.8) is 0 Å². The monoisotopic (exact) mass is 410 g/mol. The van der Waals surface area contributed by atoms with Gasteiger partial charge < -0.3 is 10.2 Å². The second-order valence-electron chi connectivity index (χ2n) is 7.46. The van der Waals surface area contributed by atoms with Crippen molar-refractivity contribution >= 4 is 40.5 Å². The Labute approximate surface area is 174 Å². The second-order valence-corrected chi connectivity index (χ2v) is 8.34. The van der Waals surface area contributed by atoms with E-state index in [0.29, 0.717) is 10.9 Å². The summed E-state index contributed by atoms with van der Waals surface area (Å²) >= 11 is 12.3. The lowest BCUT2D eigenvalue weighted by Gasteiger charge is -2.30. The van der Waals surface area contributed by atoms with Gasteiger partial charge in [-0.2, -0.15) is 0 Å². The summed E-state index contributed by atoms with van der Waals surface area (Å²) in [6.07, 6.45) is 3.30. The molecule has 1 saturated carbocycles. The van der Waals surface area contributed by atoms with Crippen molar-refractivity contribution in [2.24, 2.45) is 0 Å². The maximum absolute atomic E-state index is 6.15. The largest absolute Gasteiger partial charge is 0.352 e. The van der Waals surface area contributed by atoms with Gasteiger partial charge in [0, 0.05) is 40.8 Å². The number of halogens is 2. The van der Waals surface area contributed by atoms with Crippen LogP contribution in [0.25, 0.3) is 0 Å². The van der Waals surface area contributed by atoms with Crippen molar-refractivity contribution in [2.75, 3.05) is 16.8 Å². The molecule has 5 rings (SSSR count). The summed E-state index contributed by atoms with van der Waals surface area (Å²) in [7, 11) is 0. The van der Waals surface area contributed by atoms with Crippen LogP contribution in [0.2, 0.25) is 10.0 Å². The van der Waals surface area contributed by atoms with Gasteiger partial charge in [-0.3, -0.25) is 0 Å². The van der Waals surface area contributed by atoms with Crippen molar-refractivity contribution in [3.05, 3.63) is 75.5 Å². The Morgan fingerprint density at radius 2 is 1.79 bits per heavy atom. The summed E-state index contributed by atoms with van der Waals surface area (Å²) < 4.78 is 0. The third kappa shape index (κ3) is 3.80. The van der Waals surface area contributed by atoms with Crippen LogP contribution in [0.3, 0.4) is 0 Å². The fourth-order valence-corrected chi connectivity index (χ4v) is 4.02. The van der Waals surface area contributed by atoms with Gasteiger partial charge in [0.1, 0.15) is 17.5 Å². The molecule has 0 spiro atoms. The number of nitrogens with zero attached hydrogens (tertiary/aromatic N) is 3. The van der Waals surface area contributed by atoms with Gasteiger partial charge >= 0.3 is 0 Å². The van der Waals surface area contributed by atoms with Crippen LogP contribution in [0.4, 0.5) is 17.3 Å². The van der Waals surface area contributed by atoms with E-state index in [2.05, 4.69) is 22.3 Å². The van der Waals surface area contributed by atoms with Crippen molar-refractivity contribution in [1.29, 1.82) is 0 Å². The molecule has 0 saturated heterocycles. The number of hydrogen-bond donors (Lipinski definition) is 1. The lowest BCUT2D eigenvalue weighted by Crippen LogP contribution is -2.31. The lowest BCUT2D eigenvalue weighted by atomic mass is 10.00. The first-order valence-corrected chi connectivity index (χ1v) is 10.3. The molecule has 1 N–H and O–H groups in total. The number of benzene rings is 2. The van der Waals surface area contributed by atoms with Crippen LogP contribution in [0.15, 0.2) is 48.5 Å². The predicted molar refractivity (Wildman–Crippen MR) is 115 cm³/mol.